The van der Waals surface area contributed by atoms with Gasteiger partial charge in [0.05, 0.1) is 79.0 Å². The van der Waals surface area contributed by atoms with Crippen molar-refractivity contribution in [3.8, 4) is 0 Å². The average molecular weight is 1490 g/mol. The highest BCUT2D eigenvalue weighted by Crippen LogP contribution is 2.52. The molecule has 105 heavy (non-hydrogen) atoms. The molecule has 0 bridgehead atoms. The van der Waals surface area contributed by atoms with Gasteiger partial charge >= 0.3 is 18.1 Å². The van der Waals surface area contributed by atoms with Crippen molar-refractivity contribution in [3.05, 3.63) is 65.5 Å². The molecule has 1 heterocycles. The molecule has 0 spiro atoms. The van der Waals surface area contributed by atoms with E-state index in [4.69, 9.17) is 24.7 Å². The van der Waals surface area contributed by atoms with Crippen LogP contribution in [0.4, 0.5) is 19.7 Å². The molecule has 3 fully saturated rings. The summed E-state index contributed by atoms with van der Waals surface area (Å²) < 4.78 is 37.0. The van der Waals surface area contributed by atoms with E-state index >= 15 is 0 Å². The van der Waals surface area contributed by atoms with E-state index in [2.05, 4.69) is 21.3 Å². The van der Waals surface area contributed by atoms with Crippen LogP contribution in [-0.2, 0) is 73.5 Å². The summed E-state index contributed by atoms with van der Waals surface area (Å²) in [4.78, 5) is 179. The maximum Gasteiger partial charge on any atom is 0.410 e. The number of urea groups is 1. The first kappa shape index (κ1) is 87.9. The number of carboxylic acid groups (broad SMARTS) is 1. The van der Waals surface area contributed by atoms with E-state index in [9.17, 15) is 71.8 Å². The summed E-state index contributed by atoms with van der Waals surface area (Å²) in [5.41, 5.74) is 6.12. The Morgan fingerprint density at radius 1 is 0.781 bits per heavy atom. The highest BCUT2D eigenvalue weighted by molar-refractivity contribution is 8.00. The lowest BCUT2D eigenvalue weighted by atomic mass is 9.83. The van der Waals surface area contributed by atoms with Crippen molar-refractivity contribution in [1.29, 1.82) is 0 Å². The van der Waals surface area contributed by atoms with Crippen molar-refractivity contribution in [2.45, 2.75) is 219 Å². The molecule has 1 aliphatic heterocycles. The van der Waals surface area contributed by atoms with Crippen molar-refractivity contribution in [2.75, 3.05) is 66.1 Å². The first-order chi connectivity index (χ1) is 49.6. The molecule has 0 radical (unpaired) electrons. The summed E-state index contributed by atoms with van der Waals surface area (Å²) in [5.74, 6) is -8.85. The molecule has 3 aliphatic rings. The molecule has 584 valence electrons. The molecule has 2 unspecified atom stereocenters. The molecule has 0 aromatic heterocycles. The van der Waals surface area contributed by atoms with Gasteiger partial charge in [-0.05, 0) is 116 Å². The Morgan fingerprint density at radius 3 is 2.02 bits per heavy atom. The number of primary amides is 1. The quantitative estimate of drug-likeness (QED) is 0.0205. The third-order valence-electron chi connectivity index (χ3n) is 21.1. The number of ether oxygens (including phenoxy) is 4. The number of likely N-dealkylation sites (tertiary alicyclic amines) is 1. The number of likely N-dealkylation sites (N-methyl/N-ethyl adjacent to an activating group) is 2. The second kappa shape index (κ2) is 42.0. The Kier molecular flexibility index (Phi) is 35.2. The number of Topliss-reactive ketones (excluding diaryl/α,β-unsaturated/α-hetero) is 5. The first-order valence-electron chi connectivity index (χ1n) is 36.9. The number of nitrogens with two attached hydrogens (primary N) is 1. The summed E-state index contributed by atoms with van der Waals surface area (Å²) in [5, 5.41) is 19.7. The van der Waals surface area contributed by atoms with Crippen molar-refractivity contribution >= 4 is 94.0 Å². The summed E-state index contributed by atoms with van der Waals surface area (Å²) in [7, 11) is 7.54. The molecule has 13 atom stereocenters. The number of aliphatic carboxylic acids is 1. The Morgan fingerprint density at radius 2 is 1.45 bits per heavy atom. The Hall–Kier alpha value is -7.69. The van der Waals surface area contributed by atoms with Gasteiger partial charge in [-0.3, -0.25) is 52.7 Å². The van der Waals surface area contributed by atoms with Gasteiger partial charge in [-0.1, -0.05) is 93.7 Å². The van der Waals surface area contributed by atoms with E-state index in [1.807, 2.05) is 27.7 Å². The van der Waals surface area contributed by atoms with E-state index in [1.165, 1.54) is 57.2 Å². The van der Waals surface area contributed by atoms with Crippen LogP contribution < -0.4 is 27.0 Å². The second-order valence-electron chi connectivity index (χ2n) is 29.9. The van der Waals surface area contributed by atoms with Crippen molar-refractivity contribution < 1.29 is 90.8 Å². The number of carboxylic acids is 1. The van der Waals surface area contributed by atoms with Crippen LogP contribution in [-0.4, -0.2) is 205 Å². The van der Waals surface area contributed by atoms with E-state index in [-0.39, 0.29) is 141 Å². The fourth-order valence-corrected chi connectivity index (χ4v) is 15.9. The molecule has 8 amide bonds. The van der Waals surface area contributed by atoms with E-state index < -0.39 is 119 Å². The number of halogens is 1. The largest absolute Gasteiger partial charge is 0.481 e. The highest BCUT2D eigenvalue weighted by atomic mass is 32.2. The molecule has 28 heteroatoms. The fraction of sp³-hybridized carbons (Fsp3) is 0.675. The van der Waals surface area contributed by atoms with Crippen LogP contribution >= 0.6 is 11.8 Å². The van der Waals surface area contributed by atoms with Crippen LogP contribution in [0.5, 0.6) is 0 Å². The monoisotopic (exact) mass is 1490 g/mol. The molecule has 1 saturated heterocycles. The number of benzene rings is 2. The maximum absolute atomic E-state index is 14.9. The minimum absolute atomic E-state index is 0.0571. The third kappa shape index (κ3) is 26.1. The summed E-state index contributed by atoms with van der Waals surface area (Å²) in [6.07, 6.45) is 1.72. The Bertz CT molecular complexity index is 3320. The van der Waals surface area contributed by atoms with Crippen molar-refractivity contribution in [3.63, 3.8) is 0 Å². The normalized spacial score (nSPS) is 19.5. The summed E-state index contributed by atoms with van der Waals surface area (Å²) >= 11 is 1.39. The third-order valence-corrected chi connectivity index (χ3v) is 22.6. The van der Waals surface area contributed by atoms with Crippen LogP contribution in [0.1, 0.15) is 181 Å². The topological polar surface area (TPSA) is 363 Å². The molecule has 2 aromatic rings. The number of nitrogens with one attached hydrogen (secondary N) is 4. The molecular weight excluding hydrogens is 1380 g/mol. The van der Waals surface area contributed by atoms with E-state index in [1.54, 1.807) is 75.7 Å². The van der Waals surface area contributed by atoms with Gasteiger partial charge in [0, 0.05) is 103 Å². The number of hydrogen-bond acceptors (Lipinski definition) is 18. The minimum atomic E-state index is -1.01. The summed E-state index contributed by atoms with van der Waals surface area (Å²) in [6, 6.07) is 7.48. The molecule has 7 N–H and O–H groups in total. The van der Waals surface area contributed by atoms with Crippen molar-refractivity contribution in [2.24, 2.45) is 58.5 Å². The number of amides is 8. The molecule has 2 aromatic carbocycles. The van der Waals surface area contributed by atoms with E-state index in [0.717, 1.165) is 25.0 Å². The van der Waals surface area contributed by atoms with Gasteiger partial charge in [0.1, 0.15) is 18.2 Å². The lowest BCUT2D eigenvalue weighted by molar-refractivity contribution is -0.149. The molecule has 2 aliphatic carbocycles. The van der Waals surface area contributed by atoms with Crippen molar-refractivity contribution in [1.82, 2.24) is 30.7 Å². The number of anilines is 1. The van der Waals surface area contributed by atoms with Crippen LogP contribution in [0.25, 0.3) is 0 Å². The number of ketones is 5. The number of methoxy groups -OCH3 is 3. The lowest BCUT2D eigenvalue weighted by Crippen LogP contribution is -2.54. The van der Waals surface area contributed by atoms with Crippen LogP contribution in [0.3, 0.4) is 0 Å². The Labute approximate surface area is 622 Å². The minimum Gasteiger partial charge on any atom is -0.481 e. The zero-order chi connectivity index (χ0) is 78.2. The standard InChI is InChI=1S/C77H115FN8O18S/c1-15-47(8)69(62(102-13)38-65(92)86-41-54(101-12)35-57(86)71(103-14)48(9)72(96)81-40-61(90)50-25-27-52(78)28-26-50)84(10)74(98)56(44(2)3)36-60(89)68(46(6)7)85(11)76(100)104-42-49-23-29-53(30-24-49)82-73(97)51(20-19-33-80-75(79)99)34-59(88)67(45(4)5)83-64(91)22-18-16-17-21-55-58(87)37-63(70(55)95)105-43-77(31-32-77)39-66(93)94/h23-30,44-48,51,54-57,62-63,67-69,71H,15-22,31-43H2,1-14H3,(H,81,96)(H,82,97)(H,83,91)(H,93,94)(H3,79,80,99)/t47-,48+,51+,54+,55?,56-,57-,62+,63?,67-,68-,69-,71+/m0/s1. The molecule has 26 nitrogen and oxygen atoms in total. The van der Waals surface area contributed by atoms with Crippen LogP contribution in [0.15, 0.2) is 48.5 Å². The lowest BCUT2D eigenvalue weighted by Gasteiger charge is -2.41. The number of rotatable bonds is 46. The molecular formula is C77H115FN8O18S. The van der Waals surface area contributed by atoms with Gasteiger partial charge in [-0.15, -0.1) is 11.8 Å². The van der Waals surface area contributed by atoms with Crippen LogP contribution in [0, 0.1) is 58.6 Å². The fourth-order valence-electron chi connectivity index (χ4n) is 14.4. The van der Waals surface area contributed by atoms with Gasteiger partial charge in [0.2, 0.25) is 29.5 Å². The Balaban J connectivity index is 1.15. The first-order valence-corrected chi connectivity index (χ1v) is 37.9. The predicted octanol–water partition coefficient (Wildman–Crippen LogP) is 8.76. The second-order valence-corrected chi connectivity index (χ2v) is 31.1. The highest BCUT2D eigenvalue weighted by Gasteiger charge is 2.49. The number of carbonyl (C=O) groups excluding carboxylic acids is 12. The average Bonchev–Trinajstić information content (AvgIpc) is 1.73. The molecule has 2 saturated carbocycles. The van der Waals surface area contributed by atoms with Crippen LogP contribution in [0.2, 0.25) is 0 Å². The van der Waals surface area contributed by atoms with Gasteiger partial charge < -0.3 is 65.8 Å². The SMILES string of the molecule is CC[C@H](C)[C@@H]([C@@H](CC(=O)N1C[C@H](OC)C[C@H]1[C@H](OC)[C@@H](C)C(=O)NCC(=O)c1ccc(F)cc1)OC)N(C)C(=O)[C@@H](CC(=O)[C@H](C(C)C)N(C)C(=O)OCc1ccc(NC(=O)[C@H](CCCNC(N)=O)CC(=O)[C@@H](NC(=O)CCCCCC2C(=O)CC(SCC3(CC(=O)O)CC3)C2=O)C(C)C)cc1)C(C)C. The number of carbonyl (C=O) groups is 13. The zero-order valence-corrected chi connectivity index (χ0v) is 64.6. The molecule has 5 rings (SSSR count). The van der Waals surface area contributed by atoms with Gasteiger partial charge in [0.15, 0.2) is 23.1 Å². The number of hydrogen-bond donors (Lipinski definition) is 6. The number of nitrogens with zero attached hydrogens (tertiary/aromatic N) is 3. The van der Waals surface area contributed by atoms with Gasteiger partial charge in [-0.25, -0.2) is 14.0 Å². The zero-order valence-electron chi connectivity index (χ0n) is 63.8. The van der Waals surface area contributed by atoms with Gasteiger partial charge in [0.25, 0.3) is 0 Å². The van der Waals surface area contributed by atoms with E-state index in [0.29, 0.717) is 61.9 Å². The summed E-state index contributed by atoms with van der Waals surface area (Å²) in [6.45, 7) is 16.1. The predicted molar refractivity (Wildman–Crippen MR) is 394 cm³/mol. The maximum atomic E-state index is 14.9. The smallest absolute Gasteiger partial charge is 0.410 e. The number of thioether (sulfide) groups is 1. The van der Waals surface area contributed by atoms with Gasteiger partial charge in [-0.2, -0.15) is 0 Å². The number of unbranched alkanes of at least 4 members (excludes halogenated alkanes) is 2.